The Morgan fingerprint density at radius 1 is 1.09 bits per heavy atom. The first-order chi connectivity index (χ1) is 15.6. The molecule has 2 rings (SSSR count). The minimum atomic E-state index is -4.62. The Kier molecular flexibility index (Phi) is 9.50. The number of hydrogen-bond donors (Lipinski definition) is 1. The molecule has 11 heteroatoms. The van der Waals surface area contributed by atoms with Crippen molar-refractivity contribution in [1.82, 2.24) is 5.32 Å². The van der Waals surface area contributed by atoms with Gasteiger partial charge in [0.25, 0.3) is 5.91 Å². The monoisotopic (exact) mass is 599 g/mol. The number of alkyl halides is 3. The highest BCUT2D eigenvalue weighted by Gasteiger charge is 2.39. The molecule has 0 spiro atoms. The number of ether oxygens (including phenoxy) is 1. The summed E-state index contributed by atoms with van der Waals surface area (Å²) in [6, 6.07) is 6.61. The molecule has 34 heavy (non-hydrogen) atoms. The normalized spacial score (nSPS) is 13.1. The lowest BCUT2D eigenvalue weighted by Gasteiger charge is -2.19. The summed E-state index contributed by atoms with van der Waals surface area (Å²) in [4.78, 5) is 24.1. The summed E-state index contributed by atoms with van der Waals surface area (Å²) in [5, 5.41) is 2.24. The van der Waals surface area contributed by atoms with Crippen LogP contribution in [0.15, 0.2) is 40.9 Å². The Hall–Kier alpha value is -1.74. The standard InChI is InChI=1S/C23H20BrCl3F3NO3/c1-22(2,3)34-19(32)11-31-21(33)14-6-4-12(8-16(14)24)5-7-15(23(28,29)30)13-9-17(25)20(27)18(26)10-13/h4-10,15H,11H2,1-3H3,(H,31,33). The smallest absolute Gasteiger partial charge is 0.399 e. The maximum Gasteiger partial charge on any atom is 0.399 e. The van der Waals surface area contributed by atoms with Gasteiger partial charge < -0.3 is 10.1 Å². The molecule has 0 saturated heterocycles. The van der Waals surface area contributed by atoms with Gasteiger partial charge in [0.15, 0.2) is 0 Å². The highest BCUT2D eigenvalue weighted by Crippen LogP contribution is 2.41. The number of hydrogen-bond acceptors (Lipinski definition) is 3. The summed E-state index contributed by atoms with van der Waals surface area (Å²) in [5.74, 6) is -3.14. The van der Waals surface area contributed by atoms with Crippen molar-refractivity contribution in [3.63, 3.8) is 0 Å². The van der Waals surface area contributed by atoms with Crippen LogP contribution in [0.1, 0.15) is 48.2 Å². The number of carbonyl (C=O) groups excluding carboxylic acids is 2. The number of rotatable bonds is 6. The Morgan fingerprint density at radius 2 is 1.68 bits per heavy atom. The second kappa shape index (κ2) is 11.3. The number of allylic oxidation sites excluding steroid dienone is 1. The van der Waals surface area contributed by atoms with E-state index in [2.05, 4.69) is 21.2 Å². The topological polar surface area (TPSA) is 55.4 Å². The molecular weight excluding hydrogens is 582 g/mol. The van der Waals surface area contributed by atoms with Crippen molar-refractivity contribution < 1.29 is 27.5 Å². The average Bonchev–Trinajstić information content (AvgIpc) is 2.68. The largest absolute Gasteiger partial charge is 0.459 e. The van der Waals surface area contributed by atoms with Crippen molar-refractivity contribution in [2.24, 2.45) is 0 Å². The third kappa shape index (κ3) is 8.18. The lowest BCUT2D eigenvalue weighted by Crippen LogP contribution is -2.34. The molecule has 0 heterocycles. The van der Waals surface area contributed by atoms with Gasteiger partial charge in [0.2, 0.25) is 0 Å². The highest BCUT2D eigenvalue weighted by molar-refractivity contribution is 9.10. The van der Waals surface area contributed by atoms with Crippen LogP contribution in [0.2, 0.25) is 15.1 Å². The van der Waals surface area contributed by atoms with E-state index in [1.54, 1.807) is 20.8 Å². The minimum absolute atomic E-state index is 0.0264. The molecule has 2 aromatic carbocycles. The number of esters is 1. The van der Waals surface area contributed by atoms with Crippen LogP contribution in [0.25, 0.3) is 6.08 Å². The van der Waals surface area contributed by atoms with E-state index in [0.29, 0.717) is 10.0 Å². The molecule has 0 fully saturated rings. The van der Waals surface area contributed by atoms with Gasteiger partial charge in [-0.05, 0) is 72.1 Å². The second-order valence-corrected chi connectivity index (χ2v) is 10.2. The molecule has 0 aromatic heterocycles. The van der Waals surface area contributed by atoms with Crippen molar-refractivity contribution in [2.45, 2.75) is 38.5 Å². The van der Waals surface area contributed by atoms with Gasteiger partial charge in [-0.15, -0.1) is 0 Å². The molecule has 0 aliphatic carbocycles. The lowest BCUT2D eigenvalue weighted by molar-refractivity contribution is -0.153. The van der Waals surface area contributed by atoms with Crippen molar-refractivity contribution in [2.75, 3.05) is 6.54 Å². The van der Waals surface area contributed by atoms with Gasteiger partial charge >= 0.3 is 12.1 Å². The molecule has 1 N–H and O–H groups in total. The van der Waals surface area contributed by atoms with Gasteiger partial charge in [-0.1, -0.05) is 53.0 Å². The summed E-state index contributed by atoms with van der Waals surface area (Å²) in [6.45, 7) is 4.78. The van der Waals surface area contributed by atoms with Crippen LogP contribution in [0, 0.1) is 0 Å². The van der Waals surface area contributed by atoms with Crippen LogP contribution in [0.5, 0.6) is 0 Å². The summed E-state index contributed by atoms with van der Waals surface area (Å²) in [6.07, 6.45) is -2.39. The Balaban J connectivity index is 2.20. The Labute approximate surface area is 218 Å². The molecule has 1 unspecified atom stereocenters. The van der Waals surface area contributed by atoms with Crippen LogP contribution in [-0.4, -0.2) is 30.2 Å². The Bertz CT molecular complexity index is 1090. The molecule has 1 atom stereocenters. The van der Waals surface area contributed by atoms with E-state index in [4.69, 9.17) is 39.5 Å². The quantitative estimate of drug-likeness (QED) is 0.271. The first-order valence-electron chi connectivity index (χ1n) is 9.77. The van der Waals surface area contributed by atoms with E-state index in [0.717, 1.165) is 18.2 Å². The van der Waals surface area contributed by atoms with E-state index >= 15 is 0 Å². The fourth-order valence-corrected chi connectivity index (χ4v) is 4.01. The van der Waals surface area contributed by atoms with E-state index in [1.807, 2.05) is 0 Å². The van der Waals surface area contributed by atoms with Crippen molar-refractivity contribution in [3.8, 4) is 0 Å². The predicted octanol–water partition coefficient (Wildman–Crippen LogP) is 7.84. The van der Waals surface area contributed by atoms with E-state index < -0.39 is 29.6 Å². The zero-order valence-corrected chi connectivity index (χ0v) is 22.1. The number of amides is 1. The first kappa shape index (κ1) is 28.5. The number of nitrogens with one attached hydrogen (secondary N) is 1. The number of carbonyl (C=O) groups is 2. The van der Waals surface area contributed by atoms with E-state index in [9.17, 15) is 22.8 Å². The number of halogens is 7. The molecule has 0 radical (unpaired) electrons. The molecule has 0 saturated carbocycles. The number of benzene rings is 2. The molecule has 4 nitrogen and oxygen atoms in total. The Morgan fingerprint density at radius 3 is 2.18 bits per heavy atom. The van der Waals surface area contributed by atoms with Gasteiger partial charge in [0.05, 0.1) is 26.5 Å². The van der Waals surface area contributed by atoms with Gasteiger partial charge in [0, 0.05) is 4.47 Å². The second-order valence-electron chi connectivity index (χ2n) is 8.19. The fourth-order valence-electron chi connectivity index (χ4n) is 2.82. The first-order valence-corrected chi connectivity index (χ1v) is 11.7. The van der Waals surface area contributed by atoms with Crippen molar-refractivity contribution in [1.29, 1.82) is 0 Å². The summed E-state index contributed by atoms with van der Waals surface area (Å²) in [7, 11) is 0. The summed E-state index contributed by atoms with van der Waals surface area (Å²) in [5.41, 5.74) is -0.256. The zero-order chi connectivity index (χ0) is 25.8. The highest BCUT2D eigenvalue weighted by atomic mass is 79.9. The van der Waals surface area contributed by atoms with E-state index in [1.165, 1.54) is 24.3 Å². The molecule has 0 bridgehead atoms. The SMILES string of the molecule is CC(C)(C)OC(=O)CNC(=O)c1ccc(C=CC(c2cc(Cl)c(Cl)c(Cl)c2)C(F)(F)F)cc1Br. The molecular formula is C23H20BrCl3F3NO3. The van der Waals surface area contributed by atoms with Crippen molar-refractivity contribution in [3.05, 3.63) is 72.6 Å². The third-order valence-corrected chi connectivity index (χ3v) is 6.10. The summed E-state index contributed by atoms with van der Waals surface area (Å²) < 4.78 is 46.6. The molecule has 1 amide bonds. The maximum atomic E-state index is 13.7. The zero-order valence-electron chi connectivity index (χ0n) is 18.2. The molecule has 0 aliphatic rings. The van der Waals surface area contributed by atoms with Gasteiger partial charge in [-0.2, -0.15) is 13.2 Å². The third-order valence-electron chi connectivity index (χ3n) is 4.25. The molecule has 0 aliphatic heterocycles. The van der Waals surface area contributed by atoms with Crippen LogP contribution in [0.3, 0.4) is 0 Å². The predicted molar refractivity (Wildman–Crippen MR) is 132 cm³/mol. The minimum Gasteiger partial charge on any atom is -0.459 e. The van der Waals surface area contributed by atoms with Crippen LogP contribution in [0.4, 0.5) is 13.2 Å². The maximum absolute atomic E-state index is 13.7. The summed E-state index contributed by atoms with van der Waals surface area (Å²) >= 11 is 20.9. The lowest BCUT2D eigenvalue weighted by atomic mass is 9.97. The van der Waals surface area contributed by atoms with Gasteiger partial charge in [-0.25, -0.2) is 0 Å². The molecule has 184 valence electrons. The average molecular weight is 602 g/mol. The van der Waals surface area contributed by atoms with Crippen molar-refractivity contribution >= 4 is 68.7 Å². The van der Waals surface area contributed by atoms with Gasteiger partial charge in [0.1, 0.15) is 12.1 Å². The molecule has 2 aromatic rings. The van der Waals surface area contributed by atoms with Gasteiger partial charge in [-0.3, -0.25) is 9.59 Å². The van der Waals surface area contributed by atoms with Crippen LogP contribution >= 0.6 is 50.7 Å². The van der Waals surface area contributed by atoms with Crippen LogP contribution < -0.4 is 5.32 Å². The fraction of sp³-hybridized carbons (Fsp3) is 0.304. The van der Waals surface area contributed by atoms with E-state index in [-0.39, 0.29) is 32.7 Å². The van der Waals surface area contributed by atoms with Crippen LogP contribution in [-0.2, 0) is 9.53 Å².